The molecule has 19 heavy (non-hydrogen) atoms. The second-order valence-electron chi connectivity index (χ2n) is 4.45. The summed E-state index contributed by atoms with van der Waals surface area (Å²) in [5.74, 6) is 0. The van der Waals surface area contributed by atoms with Gasteiger partial charge in [-0.15, -0.1) is 0 Å². The van der Waals surface area contributed by atoms with Crippen LogP contribution >= 0.6 is 0 Å². The number of hydrogen-bond donors (Lipinski definition) is 1. The maximum Gasteiger partial charge on any atom is 0.416 e. The van der Waals surface area contributed by atoms with Crippen molar-refractivity contribution in [3.63, 3.8) is 0 Å². The van der Waals surface area contributed by atoms with Crippen LogP contribution in [0.15, 0.2) is 24.3 Å². The number of hydrogen-bond acceptors (Lipinski definition) is 2. The second kappa shape index (κ2) is 6.91. The van der Waals surface area contributed by atoms with E-state index in [0.717, 1.165) is 19.2 Å². The molecule has 1 N–H and O–H groups in total. The maximum absolute atomic E-state index is 12.7. The fourth-order valence-electron chi connectivity index (χ4n) is 2.04. The molecule has 2 nitrogen and oxygen atoms in total. The normalized spacial score (nSPS) is 13.8. The van der Waals surface area contributed by atoms with Crippen molar-refractivity contribution in [1.29, 1.82) is 0 Å². The van der Waals surface area contributed by atoms with Crippen molar-refractivity contribution in [2.24, 2.45) is 0 Å². The molecule has 108 valence electrons. The van der Waals surface area contributed by atoms with Crippen molar-refractivity contribution in [2.45, 2.75) is 26.1 Å². The summed E-state index contributed by atoms with van der Waals surface area (Å²) in [6.45, 7) is 6.55. The van der Waals surface area contributed by atoms with E-state index in [1.54, 1.807) is 13.1 Å². The van der Waals surface area contributed by atoms with Gasteiger partial charge in [0.25, 0.3) is 0 Å². The number of nitrogens with one attached hydrogen (secondary N) is 1. The largest absolute Gasteiger partial charge is 0.416 e. The summed E-state index contributed by atoms with van der Waals surface area (Å²) in [5.41, 5.74) is 0.0778. The first-order valence-corrected chi connectivity index (χ1v) is 6.49. The number of rotatable bonds is 6. The lowest BCUT2D eigenvalue weighted by Crippen LogP contribution is -2.33. The molecule has 0 amide bonds. The Morgan fingerprint density at radius 1 is 1.21 bits per heavy atom. The fraction of sp³-hybridized carbons (Fsp3) is 0.571. The molecule has 0 radical (unpaired) electrons. The minimum Gasteiger partial charge on any atom is -0.312 e. The third-order valence-electron chi connectivity index (χ3n) is 3.30. The zero-order valence-corrected chi connectivity index (χ0v) is 11.6. The summed E-state index contributed by atoms with van der Waals surface area (Å²) in [5, 5.41) is 3.09. The van der Waals surface area contributed by atoms with Gasteiger partial charge in [0.1, 0.15) is 0 Å². The van der Waals surface area contributed by atoms with Gasteiger partial charge >= 0.3 is 6.18 Å². The van der Waals surface area contributed by atoms with Crippen LogP contribution in [-0.2, 0) is 6.18 Å². The molecule has 1 aromatic carbocycles. The lowest BCUT2D eigenvalue weighted by molar-refractivity contribution is -0.137. The first-order chi connectivity index (χ1) is 8.92. The van der Waals surface area contributed by atoms with Crippen molar-refractivity contribution in [1.82, 2.24) is 10.2 Å². The van der Waals surface area contributed by atoms with E-state index < -0.39 is 11.7 Å². The molecular weight excluding hydrogens is 253 g/mol. The second-order valence-corrected chi connectivity index (χ2v) is 4.45. The maximum atomic E-state index is 12.7. The molecule has 0 saturated heterocycles. The van der Waals surface area contributed by atoms with Crippen molar-refractivity contribution in [3.8, 4) is 0 Å². The molecule has 0 aliphatic carbocycles. The Kier molecular flexibility index (Phi) is 5.82. The monoisotopic (exact) mass is 274 g/mol. The van der Waals surface area contributed by atoms with Crippen LogP contribution in [-0.4, -0.2) is 31.6 Å². The lowest BCUT2D eigenvalue weighted by atomic mass is 10.0. The Labute approximate surface area is 112 Å². The fourth-order valence-corrected chi connectivity index (χ4v) is 2.04. The molecule has 1 aromatic rings. The predicted molar refractivity (Wildman–Crippen MR) is 71.0 cm³/mol. The van der Waals surface area contributed by atoms with Crippen LogP contribution in [0, 0.1) is 0 Å². The Bertz CT molecular complexity index is 387. The quantitative estimate of drug-likeness (QED) is 0.856. The number of halogens is 3. The highest BCUT2D eigenvalue weighted by Crippen LogP contribution is 2.30. The van der Waals surface area contributed by atoms with Crippen molar-refractivity contribution >= 4 is 0 Å². The smallest absolute Gasteiger partial charge is 0.312 e. The van der Waals surface area contributed by atoms with Crippen LogP contribution in [0.1, 0.15) is 31.0 Å². The number of benzene rings is 1. The predicted octanol–water partition coefficient (Wildman–Crippen LogP) is 3.31. The topological polar surface area (TPSA) is 15.3 Å². The molecule has 1 atom stereocenters. The molecule has 1 rings (SSSR count). The van der Waals surface area contributed by atoms with Crippen LogP contribution in [0.25, 0.3) is 0 Å². The van der Waals surface area contributed by atoms with E-state index in [1.165, 1.54) is 12.1 Å². The third kappa shape index (κ3) is 4.51. The summed E-state index contributed by atoms with van der Waals surface area (Å²) < 4.78 is 38.1. The van der Waals surface area contributed by atoms with Crippen LogP contribution in [0.5, 0.6) is 0 Å². The van der Waals surface area contributed by atoms with Crippen LogP contribution in [0.2, 0.25) is 0 Å². The molecule has 0 heterocycles. The van der Waals surface area contributed by atoms with Gasteiger partial charge in [0, 0.05) is 12.6 Å². The minimum absolute atomic E-state index is 0.0952. The molecular formula is C14H21F3N2. The Balaban J connectivity index is 2.92. The Hall–Kier alpha value is -1.07. The van der Waals surface area contributed by atoms with E-state index >= 15 is 0 Å². The van der Waals surface area contributed by atoms with Crippen LogP contribution in [0.3, 0.4) is 0 Å². The van der Waals surface area contributed by atoms with E-state index in [2.05, 4.69) is 10.2 Å². The minimum atomic E-state index is -4.29. The molecule has 0 aromatic heterocycles. The summed E-state index contributed by atoms with van der Waals surface area (Å²) >= 11 is 0. The summed E-state index contributed by atoms with van der Waals surface area (Å²) in [7, 11) is 1.77. The van der Waals surface area contributed by atoms with Gasteiger partial charge in [0.15, 0.2) is 0 Å². The van der Waals surface area contributed by atoms with Gasteiger partial charge in [-0.3, -0.25) is 0 Å². The van der Waals surface area contributed by atoms with Crippen LogP contribution in [0.4, 0.5) is 13.2 Å². The molecule has 0 fully saturated rings. The van der Waals surface area contributed by atoms with Gasteiger partial charge in [-0.1, -0.05) is 26.0 Å². The zero-order chi connectivity index (χ0) is 14.5. The lowest BCUT2D eigenvalue weighted by Gasteiger charge is -2.25. The van der Waals surface area contributed by atoms with E-state index in [1.807, 2.05) is 13.8 Å². The first-order valence-electron chi connectivity index (χ1n) is 6.49. The van der Waals surface area contributed by atoms with Gasteiger partial charge in [-0.2, -0.15) is 13.2 Å². The summed E-state index contributed by atoms with van der Waals surface area (Å²) in [6.07, 6.45) is -4.29. The highest BCUT2D eigenvalue weighted by atomic mass is 19.4. The van der Waals surface area contributed by atoms with E-state index in [4.69, 9.17) is 0 Å². The molecule has 1 unspecified atom stereocenters. The molecule has 0 bridgehead atoms. The molecule has 5 heteroatoms. The first kappa shape index (κ1) is 16.0. The van der Waals surface area contributed by atoms with E-state index in [-0.39, 0.29) is 6.04 Å². The van der Waals surface area contributed by atoms with E-state index in [9.17, 15) is 13.2 Å². The van der Waals surface area contributed by atoms with E-state index in [0.29, 0.717) is 12.1 Å². The van der Waals surface area contributed by atoms with Gasteiger partial charge in [-0.25, -0.2) is 0 Å². The van der Waals surface area contributed by atoms with Crippen molar-refractivity contribution in [2.75, 3.05) is 26.7 Å². The van der Waals surface area contributed by atoms with Crippen molar-refractivity contribution < 1.29 is 13.2 Å². The van der Waals surface area contributed by atoms with Gasteiger partial charge in [0.05, 0.1) is 5.56 Å². The molecule has 0 aliphatic rings. The highest BCUT2D eigenvalue weighted by Gasteiger charge is 2.30. The molecule has 0 aliphatic heterocycles. The summed E-state index contributed by atoms with van der Waals surface area (Å²) in [6, 6.07) is 5.44. The molecule has 0 spiro atoms. The summed E-state index contributed by atoms with van der Waals surface area (Å²) in [4.78, 5) is 2.18. The SMILES string of the molecule is CCN(CC)CC(NC)c1cccc(C(F)(F)F)c1. The number of likely N-dealkylation sites (N-methyl/N-ethyl adjacent to an activating group) is 2. The third-order valence-corrected chi connectivity index (χ3v) is 3.30. The average Bonchev–Trinajstić information content (AvgIpc) is 2.39. The van der Waals surface area contributed by atoms with Crippen LogP contribution < -0.4 is 5.32 Å². The number of nitrogens with zero attached hydrogens (tertiary/aromatic N) is 1. The number of alkyl halides is 3. The Morgan fingerprint density at radius 2 is 1.84 bits per heavy atom. The van der Waals surface area contributed by atoms with Gasteiger partial charge in [0.2, 0.25) is 0 Å². The highest BCUT2D eigenvalue weighted by molar-refractivity contribution is 5.28. The van der Waals surface area contributed by atoms with Gasteiger partial charge in [-0.05, 0) is 37.8 Å². The van der Waals surface area contributed by atoms with Crippen molar-refractivity contribution in [3.05, 3.63) is 35.4 Å². The standard InChI is InChI=1S/C14H21F3N2/c1-4-19(5-2)10-13(18-3)11-7-6-8-12(9-11)14(15,16)17/h6-9,13,18H,4-5,10H2,1-3H3. The zero-order valence-electron chi connectivity index (χ0n) is 11.6. The Morgan fingerprint density at radius 3 is 2.32 bits per heavy atom. The molecule has 0 saturated carbocycles. The average molecular weight is 274 g/mol. The van der Waals surface area contributed by atoms with Gasteiger partial charge < -0.3 is 10.2 Å².